The minimum absolute atomic E-state index is 0.0855. The average Bonchev–Trinajstić information content (AvgIpc) is 3.23. The van der Waals surface area contributed by atoms with Crippen LogP contribution in [0.25, 0.3) is 0 Å². The molecule has 0 aromatic heterocycles. The molecule has 0 amide bonds. The molecular weight excluding hydrogens is 733 g/mol. The molecule has 0 bridgehead atoms. The van der Waals surface area contributed by atoms with E-state index >= 15 is 0 Å². The van der Waals surface area contributed by atoms with Crippen molar-refractivity contribution < 1.29 is 28.6 Å². The van der Waals surface area contributed by atoms with E-state index in [1.807, 2.05) is 0 Å². The van der Waals surface area contributed by atoms with E-state index in [0.717, 1.165) is 89.9 Å². The summed E-state index contributed by atoms with van der Waals surface area (Å²) in [5, 5.41) is 0. The molecule has 1 atom stereocenters. The molecule has 59 heavy (non-hydrogen) atoms. The Bertz CT molecular complexity index is 1040. The van der Waals surface area contributed by atoms with Crippen LogP contribution in [0.3, 0.4) is 0 Å². The van der Waals surface area contributed by atoms with Crippen molar-refractivity contribution in [2.45, 2.75) is 258 Å². The molecule has 1 unspecified atom stereocenters. The number of hydrogen-bond donors (Lipinski definition) is 0. The number of rotatable bonds is 45. The van der Waals surface area contributed by atoms with Gasteiger partial charge in [0.2, 0.25) is 0 Å². The van der Waals surface area contributed by atoms with Crippen molar-refractivity contribution in [2.75, 3.05) is 13.2 Å². The summed E-state index contributed by atoms with van der Waals surface area (Å²) in [6.07, 6.45) is 56.6. The number of carbonyl (C=O) groups is 3. The third-order valence-corrected chi connectivity index (χ3v) is 10.8. The van der Waals surface area contributed by atoms with Crippen LogP contribution in [-0.2, 0) is 28.6 Å². The maximum Gasteiger partial charge on any atom is 0.306 e. The topological polar surface area (TPSA) is 78.9 Å². The van der Waals surface area contributed by atoms with Crippen molar-refractivity contribution in [3.05, 3.63) is 48.6 Å². The Balaban J connectivity index is 4.41. The predicted molar refractivity (Wildman–Crippen MR) is 252 cm³/mol. The van der Waals surface area contributed by atoms with Crippen LogP contribution in [-0.4, -0.2) is 37.2 Å². The normalized spacial score (nSPS) is 12.4. The van der Waals surface area contributed by atoms with E-state index in [4.69, 9.17) is 14.2 Å². The molecule has 0 aromatic rings. The van der Waals surface area contributed by atoms with E-state index in [1.165, 1.54) is 122 Å². The summed E-state index contributed by atoms with van der Waals surface area (Å²) in [5.74, 6) is -0.918. The Labute approximate surface area is 365 Å². The molecule has 6 nitrogen and oxygen atoms in total. The van der Waals surface area contributed by atoms with Gasteiger partial charge in [0, 0.05) is 19.3 Å². The number of carbonyl (C=O) groups excluding carboxylic acids is 3. The average molecular weight is 827 g/mol. The van der Waals surface area contributed by atoms with E-state index in [9.17, 15) is 14.4 Å². The lowest BCUT2D eigenvalue weighted by Crippen LogP contribution is -2.30. The molecule has 0 saturated heterocycles. The summed E-state index contributed by atoms with van der Waals surface area (Å²) in [6.45, 7) is 6.49. The molecular formula is C53H94O6. The molecule has 0 aromatic carbocycles. The summed E-state index contributed by atoms with van der Waals surface area (Å²) in [4.78, 5) is 37.9. The zero-order valence-corrected chi connectivity index (χ0v) is 39.0. The van der Waals surface area contributed by atoms with Crippen LogP contribution in [0.1, 0.15) is 252 Å². The van der Waals surface area contributed by atoms with Gasteiger partial charge in [-0.05, 0) is 77.0 Å². The predicted octanol–water partition coefficient (Wildman–Crippen LogP) is 16.3. The maximum absolute atomic E-state index is 12.7. The second kappa shape index (κ2) is 48.0. The summed E-state index contributed by atoms with van der Waals surface area (Å²) in [5.41, 5.74) is 0. The fourth-order valence-electron chi connectivity index (χ4n) is 7.04. The van der Waals surface area contributed by atoms with Gasteiger partial charge < -0.3 is 14.2 Å². The van der Waals surface area contributed by atoms with Gasteiger partial charge in [-0.3, -0.25) is 14.4 Å². The Morgan fingerprint density at radius 1 is 0.356 bits per heavy atom. The highest BCUT2D eigenvalue weighted by Gasteiger charge is 2.19. The summed E-state index contributed by atoms with van der Waals surface area (Å²) >= 11 is 0. The molecule has 0 radical (unpaired) electrons. The Morgan fingerprint density at radius 3 is 1.07 bits per heavy atom. The quantitative estimate of drug-likeness (QED) is 0.0263. The van der Waals surface area contributed by atoms with Crippen LogP contribution in [0.15, 0.2) is 48.6 Å². The molecule has 0 aliphatic rings. The zero-order valence-electron chi connectivity index (χ0n) is 39.0. The maximum atomic E-state index is 12.7. The van der Waals surface area contributed by atoms with Gasteiger partial charge in [0.15, 0.2) is 6.10 Å². The van der Waals surface area contributed by atoms with Crippen molar-refractivity contribution in [1.29, 1.82) is 0 Å². The highest BCUT2D eigenvalue weighted by Crippen LogP contribution is 2.15. The first-order valence-corrected chi connectivity index (χ1v) is 25.1. The van der Waals surface area contributed by atoms with Gasteiger partial charge in [0.25, 0.3) is 0 Å². The van der Waals surface area contributed by atoms with Crippen LogP contribution in [0, 0.1) is 0 Å². The summed E-state index contributed by atoms with van der Waals surface area (Å²) < 4.78 is 16.7. The highest BCUT2D eigenvalue weighted by molar-refractivity contribution is 5.71. The van der Waals surface area contributed by atoms with Gasteiger partial charge in [-0.25, -0.2) is 0 Å². The molecule has 0 spiro atoms. The molecule has 0 fully saturated rings. The fraction of sp³-hybridized carbons (Fsp3) is 0.792. The van der Waals surface area contributed by atoms with Gasteiger partial charge in [0.05, 0.1) is 0 Å². The third kappa shape index (κ3) is 46.3. The van der Waals surface area contributed by atoms with Crippen LogP contribution in [0.4, 0.5) is 0 Å². The second-order valence-corrected chi connectivity index (χ2v) is 16.7. The van der Waals surface area contributed by atoms with E-state index in [2.05, 4.69) is 69.4 Å². The van der Waals surface area contributed by atoms with Gasteiger partial charge in [-0.2, -0.15) is 0 Å². The fourth-order valence-corrected chi connectivity index (χ4v) is 7.04. The van der Waals surface area contributed by atoms with Crippen LogP contribution < -0.4 is 0 Å². The largest absolute Gasteiger partial charge is 0.462 e. The summed E-state index contributed by atoms with van der Waals surface area (Å²) in [7, 11) is 0. The van der Waals surface area contributed by atoms with Crippen molar-refractivity contribution >= 4 is 17.9 Å². The first kappa shape index (κ1) is 56.4. The minimum atomic E-state index is -0.787. The standard InChI is InChI=1S/C53H94O6/c1-4-7-10-13-16-19-22-25-26-29-31-34-37-40-43-46-52(55)58-49-50(59-53(56)47-44-41-38-35-32-28-24-21-18-15-12-9-6-3)48-57-51(54)45-42-39-36-33-30-27-23-20-17-14-11-8-5-2/h9,12,18,21,25-26,28,32,50H,4-8,10-11,13-17,19-20,22-24,27,29-31,33-49H2,1-3H3/b12-9-,21-18-,26-25-,32-28-. The summed E-state index contributed by atoms with van der Waals surface area (Å²) in [6, 6.07) is 0. The molecule has 0 rings (SSSR count). The van der Waals surface area contributed by atoms with Gasteiger partial charge in [0.1, 0.15) is 13.2 Å². The lowest BCUT2D eigenvalue weighted by atomic mass is 10.0. The number of esters is 3. The van der Waals surface area contributed by atoms with Crippen LogP contribution in [0.5, 0.6) is 0 Å². The SMILES string of the molecule is CC/C=C\C/C=C\C/C=C\CCCCCC(=O)OC(COC(=O)CCCCCCC/C=C\CCCCCCCC)COC(=O)CCCCCCCCCCCCCCC. The number of ether oxygens (including phenoxy) is 3. The van der Waals surface area contributed by atoms with Crippen LogP contribution in [0.2, 0.25) is 0 Å². The number of unbranched alkanes of at least 4 members (excludes halogenated alkanes) is 26. The van der Waals surface area contributed by atoms with E-state index in [-0.39, 0.29) is 31.1 Å². The smallest absolute Gasteiger partial charge is 0.306 e. The van der Waals surface area contributed by atoms with Crippen molar-refractivity contribution in [2.24, 2.45) is 0 Å². The van der Waals surface area contributed by atoms with Crippen LogP contribution >= 0.6 is 0 Å². The molecule has 0 aliphatic carbocycles. The first-order chi connectivity index (χ1) is 29.0. The molecule has 0 saturated carbocycles. The molecule has 342 valence electrons. The third-order valence-electron chi connectivity index (χ3n) is 10.8. The molecule has 6 heteroatoms. The monoisotopic (exact) mass is 827 g/mol. The molecule has 0 aliphatic heterocycles. The Kier molecular flexibility index (Phi) is 45.9. The van der Waals surface area contributed by atoms with E-state index in [0.29, 0.717) is 19.3 Å². The van der Waals surface area contributed by atoms with Gasteiger partial charge in [-0.1, -0.05) is 204 Å². The van der Waals surface area contributed by atoms with Crippen molar-refractivity contribution in [3.8, 4) is 0 Å². The molecule has 0 heterocycles. The second-order valence-electron chi connectivity index (χ2n) is 16.7. The zero-order chi connectivity index (χ0) is 43.0. The van der Waals surface area contributed by atoms with Gasteiger partial charge in [-0.15, -0.1) is 0 Å². The van der Waals surface area contributed by atoms with Gasteiger partial charge >= 0.3 is 17.9 Å². The van der Waals surface area contributed by atoms with E-state index < -0.39 is 6.10 Å². The Hall–Kier alpha value is -2.63. The Morgan fingerprint density at radius 2 is 0.661 bits per heavy atom. The number of allylic oxidation sites excluding steroid dienone is 8. The minimum Gasteiger partial charge on any atom is -0.462 e. The molecule has 0 N–H and O–H groups in total. The van der Waals surface area contributed by atoms with Crippen molar-refractivity contribution in [3.63, 3.8) is 0 Å². The van der Waals surface area contributed by atoms with E-state index in [1.54, 1.807) is 0 Å². The lowest BCUT2D eigenvalue weighted by molar-refractivity contribution is -0.167. The lowest BCUT2D eigenvalue weighted by Gasteiger charge is -2.18. The number of hydrogen-bond acceptors (Lipinski definition) is 6. The first-order valence-electron chi connectivity index (χ1n) is 25.1. The van der Waals surface area contributed by atoms with Crippen molar-refractivity contribution in [1.82, 2.24) is 0 Å². The highest BCUT2D eigenvalue weighted by atomic mass is 16.6.